The lowest BCUT2D eigenvalue weighted by Crippen LogP contribution is -2.52. The molecule has 5 nitrogen and oxygen atoms in total. The largest absolute Gasteiger partial charge is 0.394 e. The number of ether oxygens (including phenoxy) is 1. The van der Waals surface area contributed by atoms with Crippen LogP contribution in [0, 0.1) is 0 Å². The Labute approximate surface area is 138 Å². The fourth-order valence-electron chi connectivity index (χ4n) is 2.10. The second-order valence-electron chi connectivity index (χ2n) is 4.84. The number of carbonyl (C=O) groups excluding carboxylic acids is 1. The maximum atomic E-state index is 12.3. The van der Waals surface area contributed by atoms with Crippen molar-refractivity contribution in [3.63, 3.8) is 0 Å². The number of rotatable bonds is 4. The number of thiazole rings is 1. The molecule has 1 aliphatic heterocycles. The van der Waals surface area contributed by atoms with Crippen molar-refractivity contribution in [2.24, 2.45) is 0 Å². The Hall–Kier alpha value is -0.800. The third-order valence-electron chi connectivity index (χ3n) is 3.31. The zero-order chi connectivity index (χ0) is 14.9. The van der Waals surface area contributed by atoms with E-state index in [4.69, 9.17) is 4.74 Å². The van der Waals surface area contributed by atoms with E-state index >= 15 is 0 Å². The minimum absolute atomic E-state index is 0.131. The number of aliphatic hydroxyl groups is 1. The molecule has 1 unspecified atom stereocenters. The predicted molar refractivity (Wildman–Crippen MR) is 85.8 cm³/mol. The number of aromatic nitrogens is 1. The second kappa shape index (κ2) is 6.13. The lowest BCUT2D eigenvalue weighted by atomic mass is 10.00. The summed E-state index contributed by atoms with van der Waals surface area (Å²) < 4.78 is 6.30. The minimum Gasteiger partial charge on any atom is -0.394 e. The van der Waals surface area contributed by atoms with Crippen LogP contribution in [0.1, 0.15) is 16.9 Å². The van der Waals surface area contributed by atoms with Crippen LogP contribution in [0.3, 0.4) is 0 Å². The van der Waals surface area contributed by atoms with Crippen molar-refractivity contribution in [2.45, 2.75) is 12.0 Å². The lowest BCUT2D eigenvalue weighted by Gasteiger charge is -2.25. The van der Waals surface area contributed by atoms with Gasteiger partial charge >= 0.3 is 0 Å². The zero-order valence-corrected chi connectivity index (χ0v) is 14.2. The van der Waals surface area contributed by atoms with Crippen molar-refractivity contribution in [3.8, 4) is 9.88 Å². The Balaban J connectivity index is 1.75. The third kappa shape index (κ3) is 3.19. The van der Waals surface area contributed by atoms with Gasteiger partial charge in [-0.1, -0.05) is 0 Å². The average molecular weight is 389 g/mol. The van der Waals surface area contributed by atoms with Gasteiger partial charge in [-0.05, 0) is 34.5 Å². The first-order valence-corrected chi connectivity index (χ1v) is 8.83. The van der Waals surface area contributed by atoms with Crippen LogP contribution in [-0.2, 0) is 4.74 Å². The number of nitrogens with one attached hydrogen (secondary N) is 1. The molecular weight excluding hydrogens is 376 g/mol. The van der Waals surface area contributed by atoms with Gasteiger partial charge in [0.1, 0.15) is 10.7 Å². The van der Waals surface area contributed by atoms with Gasteiger partial charge in [0.05, 0.1) is 27.4 Å². The molecule has 1 aliphatic rings. The Morgan fingerprint density at radius 1 is 1.57 bits per heavy atom. The first kappa shape index (κ1) is 15.1. The number of amides is 1. The summed E-state index contributed by atoms with van der Waals surface area (Å²) in [4.78, 5) is 17.7. The topological polar surface area (TPSA) is 71.5 Å². The van der Waals surface area contributed by atoms with Gasteiger partial charge in [-0.25, -0.2) is 4.98 Å². The van der Waals surface area contributed by atoms with Crippen LogP contribution in [0.15, 0.2) is 21.3 Å². The summed E-state index contributed by atoms with van der Waals surface area (Å²) in [6, 6.07) is 3.92. The van der Waals surface area contributed by atoms with Crippen molar-refractivity contribution in [3.05, 3.63) is 27.0 Å². The number of aliphatic hydroxyl groups excluding tert-OH is 1. The number of hydrogen-bond acceptors (Lipinski definition) is 6. The Bertz CT molecular complexity index is 649. The van der Waals surface area contributed by atoms with Gasteiger partial charge in [-0.15, -0.1) is 22.7 Å². The number of carbonyl (C=O) groups is 1. The smallest absolute Gasteiger partial charge is 0.271 e. The first-order valence-electron chi connectivity index (χ1n) is 6.34. The standard InChI is InChI=1S/C13H13BrN2O3S2/c14-10-2-1-9(21-10)12-15-8(5-20-12)11(18)16-13(6-17)3-4-19-7-13/h1-2,5,17H,3-4,6-7H2,(H,16,18). The molecule has 112 valence electrons. The molecule has 0 aliphatic carbocycles. The lowest BCUT2D eigenvalue weighted by molar-refractivity contribution is 0.0785. The molecule has 0 bridgehead atoms. The van der Waals surface area contributed by atoms with E-state index in [-0.39, 0.29) is 12.5 Å². The van der Waals surface area contributed by atoms with Crippen LogP contribution in [-0.4, -0.2) is 41.4 Å². The zero-order valence-electron chi connectivity index (χ0n) is 11.0. The predicted octanol–water partition coefficient (Wildman–Crippen LogP) is 2.52. The van der Waals surface area contributed by atoms with Crippen LogP contribution in [0.25, 0.3) is 9.88 Å². The van der Waals surface area contributed by atoms with Crippen molar-refractivity contribution in [1.82, 2.24) is 10.3 Å². The van der Waals surface area contributed by atoms with E-state index in [9.17, 15) is 9.90 Å². The van der Waals surface area contributed by atoms with E-state index in [0.29, 0.717) is 25.3 Å². The Morgan fingerprint density at radius 2 is 2.43 bits per heavy atom. The number of hydrogen-bond donors (Lipinski definition) is 2. The molecule has 1 fully saturated rings. The minimum atomic E-state index is -0.674. The molecule has 0 spiro atoms. The van der Waals surface area contributed by atoms with Crippen LogP contribution in [0.4, 0.5) is 0 Å². The molecule has 2 aromatic heterocycles. The van der Waals surface area contributed by atoms with Crippen LogP contribution >= 0.6 is 38.6 Å². The highest BCUT2D eigenvalue weighted by atomic mass is 79.9. The second-order valence-corrected chi connectivity index (χ2v) is 8.16. The van der Waals surface area contributed by atoms with E-state index in [1.807, 2.05) is 12.1 Å². The van der Waals surface area contributed by atoms with Gasteiger partial charge < -0.3 is 15.2 Å². The molecule has 0 aromatic carbocycles. The van der Waals surface area contributed by atoms with Crippen molar-refractivity contribution in [2.75, 3.05) is 19.8 Å². The average Bonchev–Trinajstić information content (AvgIpc) is 3.18. The van der Waals surface area contributed by atoms with E-state index in [2.05, 4.69) is 26.2 Å². The quantitative estimate of drug-likeness (QED) is 0.843. The Kier molecular flexibility index (Phi) is 4.41. The number of nitrogens with zero attached hydrogens (tertiary/aromatic N) is 1. The molecule has 0 saturated carbocycles. The fourth-order valence-corrected chi connectivity index (χ4v) is 4.35. The van der Waals surface area contributed by atoms with Crippen LogP contribution in [0.5, 0.6) is 0 Å². The van der Waals surface area contributed by atoms with Crippen molar-refractivity contribution < 1.29 is 14.6 Å². The fraction of sp³-hybridized carbons (Fsp3) is 0.385. The van der Waals surface area contributed by atoms with Gasteiger partial charge in [0, 0.05) is 12.0 Å². The summed E-state index contributed by atoms with van der Waals surface area (Å²) in [5, 5.41) is 14.9. The number of thiophene rings is 1. The molecule has 8 heteroatoms. The van der Waals surface area contributed by atoms with Gasteiger partial charge in [-0.3, -0.25) is 4.79 Å². The molecular formula is C13H13BrN2O3S2. The molecule has 3 heterocycles. The summed E-state index contributed by atoms with van der Waals surface area (Å²) in [7, 11) is 0. The van der Waals surface area contributed by atoms with E-state index < -0.39 is 5.54 Å². The summed E-state index contributed by atoms with van der Waals surface area (Å²) >= 11 is 6.42. The maximum absolute atomic E-state index is 12.3. The molecule has 0 radical (unpaired) electrons. The normalized spacial score (nSPS) is 21.6. The Morgan fingerprint density at radius 3 is 3.05 bits per heavy atom. The van der Waals surface area contributed by atoms with E-state index in [1.165, 1.54) is 11.3 Å². The molecule has 1 amide bonds. The first-order chi connectivity index (χ1) is 10.1. The van der Waals surface area contributed by atoms with E-state index in [1.54, 1.807) is 16.7 Å². The molecule has 2 aromatic rings. The van der Waals surface area contributed by atoms with E-state index in [0.717, 1.165) is 13.7 Å². The molecule has 1 saturated heterocycles. The van der Waals surface area contributed by atoms with Crippen molar-refractivity contribution >= 4 is 44.5 Å². The summed E-state index contributed by atoms with van der Waals surface area (Å²) in [5.74, 6) is -0.271. The highest BCUT2D eigenvalue weighted by molar-refractivity contribution is 9.11. The molecule has 21 heavy (non-hydrogen) atoms. The summed E-state index contributed by atoms with van der Waals surface area (Å²) in [6.07, 6.45) is 0.615. The number of halogens is 1. The monoisotopic (exact) mass is 388 g/mol. The van der Waals surface area contributed by atoms with Gasteiger partial charge in [0.25, 0.3) is 5.91 Å². The maximum Gasteiger partial charge on any atom is 0.271 e. The van der Waals surface area contributed by atoms with Gasteiger partial charge in [0.15, 0.2) is 0 Å². The van der Waals surface area contributed by atoms with Crippen LogP contribution < -0.4 is 5.32 Å². The molecule has 1 atom stereocenters. The molecule has 2 N–H and O–H groups in total. The highest BCUT2D eigenvalue weighted by Gasteiger charge is 2.36. The van der Waals surface area contributed by atoms with Crippen LogP contribution in [0.2, 0.25) is 0 Å². The third-order valence-corrected chi connectivity index (χ3v) is 5.94. The van der Waals surface area contributed by atoms with Crippen molar-refractivity contribution in [1.29, 1.82) is 0 Å². The highest BCUT2D eigenvalue weighted by Crippen LogP contribution is 2.33. The SMILES string of the molecule is O=C(NC1(CO)CCOC1)c1csc(-c2ccc(Br)s2)n1. The van der Waals surface area contributed by atoms with Gasteiger partial charge in [0.2, 0.25) is 0 Å². The van der Waals surface area contributed by atoms with Gasteiger partial charge in [-0.2, -0.15) is 0 Å². The summed E-state index contributed by atoms with van der Waals surface area (Å²) in [5.41, 5.74) is -0.299. The summed E-state index contributed by atoms with van der Waals surface area (Å²) in [6.45, 7) is 0.754. The molecule has 3 rings (SSSR count).